The van der Waals surface area contributed by atoms with Gasteiger partial charge >= 0.3 is 6.03 Å². The second-order valence-corrected chi connectivity index (χ2v) is 11.8. The van der Waals surface area contributed by atoms with Crippen molar-refractivity contribution in [2.75, 3.05) is 28.2 Å². The summed E-state index contributed by atoms with van der Waals surface area (Å²) >= 11 is 0. The van der Waals surface area contributed by atoms with E-state index in [-0.39, 0.29) is 18.1 Å². The number of hydrogen-bond donors (Lipinski definition) is 2. The number of carbonyl (C=O) groups excluding carboxylic acids is 1. The van der Waals surface area contributed by atoms with Crippen LogP contribution < -0.4 is 20.9 Å². The Labute approximate surface area is 256 Å². The number of nitrogens with zero attached hydrogens (tertiary/aromatic N) is 8. The number of urea groups is 1. The molecule has 0 saturated carbocycles. The highest BCUT2D eigenvalue weighted by Crippen LogP contribution is 2.40. The van der Waals surface area contributed by atoms with Gasteiger partial charge in [-0.1, -0.05) is 18.2 Å². The molecule has 1 saturated heterocycles. The Balaban J connectivity index is 1.24. The predicted octanol–water partition coefficient (Wildman–Crippen LogP) is 4.86. The number of nitrogens with one attached hydrogen (secondary N) is 1. The molecule has 2 amide bonds. The molecule has 11 nitrogen and oxygen atoms in total. The third-order valence-electron chi connectivity index (χ3n) is 8.53. The molecule has 5 aromatic rings. The summed E-state index contributed by atoms with van der Waals surface area (Å²) in [5.41, 5.74) is 13.8. The van der Waals surface area contributed by atoms with E-state index in [1.807, 2.05) is 50.2 Å². The Bertz CT molecular complexity index is 1780. The van der Waals surface area contributed by atoms with E-state index < -0.39 is 0 Å². The maximum Gasteiger partial charge on any atom is 0.327 e. The zero-order chi connectivity index (χ0) is 30.4. The maximum absolute atomic E-state index is 14.2. The number of rotatable bonds is 7. The van der Waals surface area contributed by atoms with Crippen molar-refractivity contribution in [2.24, 2.45) is 19.8 Å². The molecule has 2 bridgehead atoms. The van der Waals surface area contributed by atoms with Gasteiger partial charge in [-0.15, -0.1) is 0 Å². The Hall–Kier alpha value is -5.03. The van der Waals surface area contributed by atoms with Gasteiger partial charge in [0, 0.05) is 56.9 Å². The quantitative estimate of drug-likeness (QED) is 0.279. The van der Waals surface area contributed by atoms with Crippen molar-refractivity contribution >= 4 is 23.2 Å². The number of carbonyl (C=O) groups is 1. The Morgan fingerprint density at radius 3 is 2.34 bits per heavy atom. The number of aromatic nitrogens is 6. The van der Waals surface area contributed by atoms with Crippen molar-refractivity contribution in [2.45, 2.75) is 38.3 Å². The van der Waals surface area contributed by atoms with Crippen LogP contribution in [0.2, 0.25) is 0 Å². The van der Waals surface area contributed by atoms with Crippen LogP contribution in [0, 0.1) is 0 Å². The summed E-state index contributed by atoms with van der Waals surface area (Å²) in [6.07, 6.45) is 6.18. The second-order valence-electron chi connectivity index (χ2n) is 11.8. The smallest absolute Gasteiger partial charge is 0.327 e. The number of aryl methyl sites for hydroxylation is 3. The van der Waals surface area contributed by atoms with E-state index in [1.165, 1.54) is 5.56 Å². The molecule has 0 aliphatic carbocycles. The molecule has 0 spiro atoms. The van der Waals surface area contributed by atoms with Gasteiger partial charge in [-0.25, -0.2) is 14.8 Å². The van der Waals surface area contributed by atoms with Gasteiger partial charge in [-0.05, 0) is 74.2 Å². The van der Waals surface area contributed by atoms with Crippen LogP contribution in [-0.2, 0) is 20.5 Å². The molecule has 3 N–H and O–H groups in total. The fourth-order valence-corrected chi connectivity index (χ4v) is 6.21. The SMILES string of the molecule is C[C@@H](N)CCc1cccc(-c2ccc3c(n2)N(C(=O)Nc2cc(-c4ccnn4C)nc(-c4ccnn4C)c2)[C@H]2CCN3C2)c1. The van der Waals surface area contributed by atoms with Crippen molar-refractivity contribution in [1.29, 1.82) is 0 Å². The third-order valence-corrected chi connectivity index (χ3v) is 8.53. The molecule has 224 valence electrons. The Morgan fingerprint density at radius 1 is 0.955 bits per heavy atom. The first-order chi connectivity index (χ1) is 21.3. The van der Waals surface area contributed by atoms with Crippen LogP contribution in [-0.4, -0.2) is 60.7 Å². The molecular formula is C33H36N10O. The molecule has 7 rings (SSSR count). The molecule has 1 aromatic carbocycles. The van der Waals surface area contributed by atoms with Crippen molar-refractivity contribution < 1.29 is 4.79 Å². The molecule has 4 aromatic heterocycles. The number of fused-ring (bicyclic) bond motifs is 4. The lowest BCUT2D eigenvalue weighted by Crippen LogP contribution is -2.48. The molecular weight excluding hydrogens is 552 g/mol. The normalized spacial score (nSPS) is 16.2. The van der Waals surface area contributed by atoms with Crippen molar-refractivity contribution in [3.05, 3.63) is 78.6 Å². The molecule has 2 aliphatic rings. The van der Waals surface area contributed by atoms with Crippen molar-refractivity contribution in [3.63, 3.8) is 0 Å². The zero-order valence-electron chi connectivity index (χ0n) is 25.2. The van der Waals surface area contributed by atoms with Gasteiger partial charge in [0.1, 0.15) is 0 Å². The lowest BCUT2D eigenvalue weighted by molar-refractivity contribution is 0.255. The van der Waals surface area contributed by atoms with Gasteiger partial charge < -0.3 is 16.0 Å². The number of hydrogen-bond acceptors (Lipinski definition) is 7. The lowest BCUT2D eigenvalue weighted by Gasteiger charge is -2.36. The maximum atomic E-state index is 14.2. The van der Waals surface area contributed by atoms with Crippen LogP contribution in [0.5, 0.6) is 0 Å². The first-order valence-corrected chi connectivity index (χ1v) is 15.0. The van der Waals surface area contributed by atoms with Crippen LogP contribution >= 0.6 is 0 Å². The van der Waals surface area contributed by atoms with Crippen LogP contribution in [0.1, 0.15) is 25.3 Å². The first kappa shape index (κ1) is 27.8. The van der Waals surface area contributed by atoms with Crippen LogP contribution in [0.3, 0.4) is 0 Å². The van der Waals surface area contributed by atoms with E-state index >= 15 is 0 Å². The minimum absolute atomic E-state index is 0.0255. The second kappa shape index (κ2) is 11.2. The van der Waals surface area contributed by atoms with E-state index in [1.54, 1.807) is 21.8 Å². The number of anilines is 3. The Morgan fingerprint density at radius 2 is 1.68 bits per heavy atom. The summed E-state index contributed by atoms with van der Waals surface area (Å²) in [5.74, 6) is 0.683. The van der Waals surface area contributed by atoms with Gasteiger partial charge in [-0.3, -0.25) is 14.3 Å². The Kier molecular flexibility index (Phi) is 7.09. The van der Waals surface area contributed by atoms with E-state index in [2.05, 4.69) is 56.8 Å². The molecule has 2 aliphatic heterocycles. The fraction of sp³-hybridized carbons (Fsp3) is 0.303. The summed E-state index contributed by atoms with van der Waals surface area (Å²) in [7, 11) is 3.75. The number of benzene rings is 1. The van der Waals surface area contributed by atoms with Crippen molar-refractivity contribution in [1.82, 2.24) is 29.5 Å². The number of amides is 2. The highest BCUT2D eigenvalue weighted by Gasteiger charge is 2.40. The van der Waals surface area contributed by atoms with Crippen LogP contribution in [0.4, 0.5) is 22.0 Å². The highest BCUT2D eigenvalue weighted by atomic mass is 16.2. The molecule has 6 heterocycles. The van der Waals surface area contributed by atoms with E-state index in [4.69, 9.17) is 15.7 Å². The average molecular weight is 589 g/mol. The van der Waals surface area contributed by atoms with Crippen LogP contribution in [0.15, 0.2) is 73.1 Å². The van der Waals surface area contributed by atoms with E-state index in [9.17, 15) is 4.79 Å². The number of pyridine rings is 2. The topological polar surface area (TPSA) is 123 Å². The third kappa shape index (κ3) is 5.19. The fourth-order valence-electron chi connectivity index (χ4n) is 6.21. The molecule has 44 heavy (non-hydrogen) atoms. The summed E-state index contributed by atoms with van der Waals surface area (Å²) in [6, 6.07) is 20.1. The molecule has 11 heteroatoms. The molecule has 2 atom stereocenters. The average Bonchev–Trinajstić information content (AvgIpc) is 3.76. The monoisotopic (exact) mass is 588 g/mol. The predicted molar refractivity (Wildman–Crippen MR) is 172 cm³/mol. The highest BCUT2D eigenvalue weighted by molar-refractivity contribution is 6.05. The number of nitrogens with two attached hydrogens (primary N) is 1. The molecule has 0 radical (unpaired) electrons. The van der Waals surface area contributed by atoms with Gasteiger partial charge in [0.05, 0.1) is 40.2 Å². The molecule has 0 unspecified atom stereocenters. The summed E-state index contributed by atoms with van der Waals surface area (Å²) in [6.45, 7) is 3.70. The van der Waals surface area contributed by atoms with Gasteiger partial charge in [-0.2, -0.15) is 10.2 Å². The van der Waals surface area contributed by atoms with Gasteiger partial charge in [0.2, 0.25) is 0 Å². The molecule has 1 fully saturated rings. The largest absolute Gasteiger partial charge is 0.366 e. The van der Waals surface area contributed by atoms with E-state index in [0.29, 0.717) is 22.9 Å². The van der Waals surface area contributed by atoms with Gasteiger partial charge in [0.15, 0.2) is 5.82 Å². The summed E-state index contributed by atoms with van der Waals surface area (Å²) in [4.78, 5) is 28.4. The summed E-state index contributed by atoms with van der Waals surface area (Å²) < 4.78 is 3.54. The minimum Gasteiger partial charge on any atom is -0.366 e. The van der Waals surface area contributed by atoms with Crippen molar-refractivity contribution in [3.8, 4) is 34.0 Å². The first-order valence-electron chi connectivity index (χ1n) is 15.0. The summed E-state index contributed by atoms with van der Waals surface area (Å²) in [5, 5.41) is 11.8. The van der Waals surface area contributed by atoms with E-state index in [0.717, 1.165) is 60.7 Å². The van der Waals surface area contributed by atoms with Gasteiger partial charge in [0.25, 0.3) is 0 Å². The minimum atomic E-state index is -0.216. The van der Waals surface area contributed by atoms with Crippen LogP contribution in [0.25, 0.3) is 34.0 Å². The lowest BCUT2D eigenvalue weighted by atomic mass is 10.0. The standard InChI is InChI=1S/C33H36N10O/c1-21(34)7-8-22-5-4-6-23(17-22)26-9-10-31-32(39-26)43(25-13-16-42(31)20-25)33(44)37-24-18-27(29-11-14-35-40(29)2)38-28(19-24)30-12-15-36-41(30)3/h4-6,9-12,14-15,17-19,21,25H,7-8,13,16,20,34H2,1-3H3,(H,37,38,44)/t21-,25+/m1/s1. The zero-order valence-corrected chi connectivity index (χ0v) is 25.2.